The predicted molar refractivity (Wildman–Crippen MR) is 76.3 cm³/mol. The standard InChI is InChI=1S/C15H9ClN2O2/c16-12-3-1-2-10(8-12)4-6-13-11(9-17)5-7-14(18-13)15(19)20/h1-8H,(H,19,20)/b6-4+. The molecule has 1 heterocycles. The van der Waals surface area contributed by atoms with Crippen LogP contribution in [0.1, 0.15) is 27.3 Å². The molecule has 20 heavy (non-hydrogen) atoms. The minimum atomic E-state index is -1.13. The molecule has 0 aliphatic carbocycles. The first-order valence-corrected chi connectivity index (χ1v) is 6.06. The highest BCUT2D eigenvalue weighted by molar-refractivity contribution is 6.30. The van der Waals surface area contributed by atoms with Crippen LogP contribution >= 0.6 is 11.6 Å². The van der Waals surface area contributed by atoms with Crippen LogP contribution in [0.5, 0.6) is 0 Å². The summed E-state index contributed by atoms with van der Waals surface area (Å²) in [6.07, 6.45) is 3.32. The number of nitrogens with zero attached hydrogens (tertiary/aromatic N) is 2. The molecule has 2 rings (SSSR count). The van der Waals surface area contributed by atoms with Gasteiger partial charge in [0, 0.05) is 5.02 Å². The summed E-state index contributed by atoms with van der Waals surface area (Å²) in [4.78, 5) is 14.8. The van der Waals surface area contributed by atoms with Crippen LogP contribution in [0.2, 0.25) is 5.02 Å². The van der Waals surface area contributed by atoms with Crippen LogP contribution in [-0.2, 0) is 0 Å². The molecule has 0 amide bonds. The molecule has 0 unspecified atom stereocenters. The van der Waals surface area contributed by atoms with E-state index < -0.39 is 5.97 Å². The lowest BCUT2D eigenvalue weighted by atomic mass is 10.1. The number of pyridine rings is 1. The quantitative estimate of drug-likeness (QED) is 0.936. The van der Waals surface area contributed by atoms with Gasteiger partial charge in [-0.25, -0.2) is 9.78 Å². The average molecular weight is 285 g/mol. The summed E-state index contributed by atoms with van der Waals surface area (Å²) < 4.78 is 0. The van der Waals surface area contributed by atoms with Crippen LogP contribution in [0.4, 0.5) is 0 Å². The molecular formula is C15H9ClN2O2. The van der Waals surface area contributed by atoms with Crippen molar-refractivity contribution in [2.75, 3.05) is 0 Å². The SMILES string of the molecule is N#Cc1ccc(C(=O)O)nc1/C=C/c1cccc(Cl)c1. The van der Waals surface area contributed by atoms with Crippen molar-refractivity contribution in [3.63, 3.8) is 0 Å². The van der Waals surface area contributed by atoms with Gasteiger partial charge in [0.15, 0.2) is 0 Å². The first kappa shape index (κ1) is 13.8. The van der Waals surface area contributed by atoms with Crippen LogP contribution in [0.15, 0.2) is 36.4 Å². The molecule has 1 N–H and O–H groups in total. The Kier molecular flexibility index (Phi) is 4.14. The van der Waals surface area contributed by atoms with E-state index in [4.69, 9.17) is 22.0 Å². The smallest absolute Gasteiger partial charge is 0.354 e. The number of carboxylic acids is 1. The van der Waals surface area contributed by atoms with Crippen LogP contribution < -0.4 is 0 Å². The second-order valence-corrected chi connectivity index (χ2v) is 4.37. The van der Waals surface area contributed by atoms with Crippen LogP contribution in [0, 0.1) is 11.3 Å². The van der Waals surface area contributed by atoms with Gasteiger partial charge in [0.05, 0.1) is 11.3 Å². The minimum absolute atomic E-state index is 0.102. The lowest BCUT2D eigenvalue weighted by Gasteiger charge is -2.00. The zero-order valence-electron chi connectivity index (χ0n) is 10.2. The molecule has 0 saturated carbocycles. The van der Waals surface area contributed by atoms with Crippen LogP contribution in [-0.4, -0.2) is 16.1 Å². The van der Waals surface area contributed by atoms with Crippen molar-refractivity contribution in [2.24, 2.45) is 0 Å². The maximum atomic E-state index is 10.9. The predicted octanol–water partition coefficient (Wildman–Crippen LogP) is 3.48. The maximum Gasteiger partial charge on any atom is 0.354 e. The monoisotopic (exact) mass is 284 g/mol. The Morgan fingerprint density at radius 2 is 2.10 bits per heavy atom. The molecule has 0 atom stereocenters. The van der Waals surface area contributed by atoms with E-state index in [2.05, 4.69) is 4.98 Å². The van der Waals surface area contributed by atoms with Gasteiger partial charge in [-0.2, -0.15) is 5.26 Å². The minimum Gasteiger partial charge on any atom is -0.477 e. The van der Waals surface area contributed by atoms with Crippen LogP contribution in [0.25, 0.3) is 12.2 Å². The third-order valence-corrected chi connectivity index (χ3v) is 2.78. The third kappa shape index (κ3) is 3.22. The number of carbonyl (C=O) groups is 1. The van der Waals surface area contributed by atoms with Gasteiger partial charge in [-0.15, -0.1) is 0 Å². The summed E-state index contributed by atoms with van der Waals surface area (Å²) >= 11 is 5.87. The Morgan fingerprint density at radius 3 is 2.75 bits per heavy atom. The Hall–Kier alpha value is -2.64. The van der Waals surface area contributed by atoms with E-state index >= 15 is 0 Å². The molecule has 5 heteroatoms. The van der Waals surface area contributed by atoms with E-state index in [0.29, 0.717) is 16.3 Å². The number of hydrogen-bond acceptors (Lipinski definition) is 3. The summed E-state index contributed by atoms with van der Waals surface area (Å²) in [5.74, 6) is -1.13. The summed E-state index contributed by atoms with van der Waals surface area (Å²) in [6.45, 7) is 0. The fourth-order valence-corrected chi connectivity index (χ4v) is 1.80. The molecule has 0 aliphatic heterocycles. The van der Waals surface area contributed by atoms with Crippen molar-refractivity contribution in [1.82, 2.24) is 4.98 Å². The zero-order chi connectivity index (χ0) is 14.5. The number of aromatic nitrogens is 1. The topological polar surface area (TPSA) is 74.0 Å². The zero-order valence-corrected chi connectivity index (χ0v) is 11.0. The molecule has 1 aromatic carbocycles. The summed E-state index contributed by atoms with van der Waals surface area (Å²) in [5, 5.41) is 18.5. The third-order valence-electron chi connectivity index (χ3n) is 2.55. The number of benzene rings is 1. The summed E-state index contributed by atoms with van der Waals surface area (Å²) in [5.41, 5.74) is 1.36. The molecule has 0 spiro atoms. The number of halogens is 1. The fraction of sp³-hybridized carbons (Fsp3) is 0. The molecule has 2 aromatic rings. The van der Waals surface area contributed by atoms with E-state index in [-0.39, 0.29) is 5.69 Å². The molecule has 0 aliphatic rings. The lowest BCUT2D eigenvalue weighted by Crippen LogP contribution is -2.02. The Balaban J connectivity index is 2.39. The van der Waals surface area contributed by atoms with E-state index in [1.54, 1.807) is 30.4 Å². The molecule has 0 fully saturated rings. The Bertz CT molecular complexity index is 733. The largest absolute Gasteiger partial charge is 0.477 e. The molecule has 0 radical (unpaired) electrons. The van der Waals surface area contributed by atoms with Crippen molar-refractivity contribution in [3.8, 4) is 6.07 Å². The number of carboxylic acid groups (broad SMARTS) is 1. The molecule has 4 nitrogen and oxygen atoms in total. The van der Waals surface area contributed by atoms with Crippen LogP contribution in [0.3, 0.4) is 0 Å². The summed E-state index contributed by atoms with van der Waals surface area (Å²) in [6, 6.07) is 11.9. The highest BCUT2D eigenvalue weighted by Gasteiger charge is 2.08. The van der Waals surface area contributed by atoms with E-state index in [1.165, 1.54) is 12.1 Å². The first-order chi connectivity index (χ1) is 9.60. The van der Waals surface area contributed by atoms with Gasteiger partial charge in [0.2, 0.25) is 0 Å². The van der Waals surface area contributed by atoms with Crippen molar-refractivity contribution in [3.05, 3.63) is 63.9 Å². The molecule has 0 saturated heterocycles. The van der Waals surface area contributed by atoms with Crippen molar-refractivity contribution >= 4 is 29.7 Å². The number of nitriles is 1. The molecular weight excluding hydrogens is 276 g/mol. The normalized spacial score (nSPS) is 10.4. The van der Waals surface area contributed by atoms with Gasteiger partial charge in [-0.3, -0.25) is 0 Å². The highest BCUT2D eigenvalue weighted by Crippen LogP contribution is 2.15. The second kappa shape index (κ2) is 6.00. The second-order valence-electron chi connectivity index (χ2n) is 3.93. The van der Waals surface area contributed by atoms with Crippen molar-refractivity contribution in [2.45, 2.75) is 0 Å². The van der Waals surface area contributed by atoms with Gasteiger partial charge in [0.1, 0.15) is 11.8 Å². The fourth-order valence-electron chi connectivity index (χ4n) is 1.60. The molecule has 1 aromatic heterocycles. The molecule has 0 bridgehead atoms. The van der Waals surface area contributed by atoms with Crippen molar-refractivity contribution in [1.29, 1.82) is 5.26 Å². The van der Waals surface area contributed by atoms with E-state index in [1.807, 2.05) is 12.1 Å². The molecule has 98 valence electrons. The van der Waals surface area contributed by atoms with Gasteiger partial charge in [-0.05, 0) is 35.9 Å². The van der Waals surface area contributed by atoms with E-state index in [0.717, 1.165) is 5.56 Å². The number of hydrogen-bond donors (Lipinski definition) is 1. The van der Waals surface area contributed by atoms with E-state index in [9.17, 15) is 4.79 Å². The van der Waals surface area contributed by atoms with Crippen molar-refractivity contribution < 1.29 is 9.90 Å². The van der Waals surface area contributed by atoms with Gasteiger partial charge < -0.3 is 5.11 Å². The Labute approximate surface area is 120 Å². The number of aromatic carboxylic acids is 1. The Morgan fingerprint density at radius 1 is 1.30 bits per heavy atom. The van der Waals surface area contributed by atoms with Gasteiger partial charge >= 0.3 is 5.97 Å². The lowest BCUT2D eigenvalue weighted by molar-refractivity contribution is 0.0690. The average Bonchev–Trinajstić information content (AvgIpc) is 2.44. The maximum absolute atomic E-state index is 10.9. The van der Waals surface area contributed by atoms with Gasteiger partial charge in [-0.1, -0.05) is 29.8 Å². The number of rotatable bonds is 3. The van der Waals surface area contributed by atoms with Gasteiger partial charge in [0.25, 0.3) is 0 Å². The first-order valence-electron chi connectivity index (χ1n) is 5.68. The summed E-state index contributed by atoms with van der Waals surface area (Å²) in [7, 11) is 0. The highest BCUT2D eigenvalue weighted by atomic mass is 35.5.